The molecule has 1 heterocycles. The lowest BCUT2D eigenvalue weighted by atomic mass is 10.1. The van der Waals surface area contributed by atoms with Crippen molar-refractivity contribution in [2.45, 2.75) is 31.2 Å². The van der Waals surface area contributed by atoms with E-state index in [2.05, 4.69) is 20.7 Å². The summed E-state index contributed by atoms with van der Waals surface area (Å²) in [5.41, 5.74) is 8.75. The average Bonchev–Trinajstić information content (AvgIpc) is 3.04. The van der Waals surface area contributed by atoms with Gasteiger partial charge in [-0.15, -0.1) is 0 Å². The first kappa shape index (κ1) is 22.5. The van der Waals surface area contributed by atoms with E-state index in [1.165, 1.54) is 6.07 Å². The summed E-state index contributed by atoms with van der Waals surface area (Å²) in [6.07, 6.45) is -4.48. The van der Waals surface area contributed by atoms with E-state index in [1.807, 2.05) is 0 Å². The fourth-order valence-electron chi connectivity index (χ4n) is 2.12. The van der Waals surface area contributed by atoms with E-state index < -0.39 is 30.0 Å². The summed E-state index contributed by atoms with van der Waals surface area (Å²) in [5.74, 6) is -3.62. The summed E-state index contributed by atoms with van der Waals surface area (Å²) in [7, 11) is 0. The van der Waals surface area contributed by atoms with Crippen LogP contribution in [0.1, 0.15) is 12.0 Å². The molecule has 0 saturated carbocycles. The molecule has 1 aromatic rings. The van der Waals surface area contributed by atoms with Crippen molar-refractivity contribution in [1.29, 1.82) is 0 Å². The molecule has 1 amide bonds. The molecule has 1 fully saturated rings. The van der Waals surface area contributed by atoms with Gasteiger partial charge in [0.2, 0.25) is 5.91 Å². The van der Waals surface area contributed by atoms with Crippen molar-refractivity contribution in [3.63, 3.8) is 0 Å². The number of carboxylic acid groups (broad SMARTS) is 1. The lowest BCUT2D eigenvalue weighted by molar-refractivity contribution is -0.192. The Balaban J connectivity index is 0.000000445. The first-order valence-electron chi connectivity index (χ1n) is 7.36. The molecule has 1 saturated heterocycles. The molecule has 0 aromatic heterocycles. The minimum absolute atomic E-state index is 0.0164. The Labute approximate surface area is 155 Å². The highest BCUT2D eigenvalue weighted by Gasteiger charge is 2.38. The summed E-state index contributed by atoms with van der Waals surface area (Å²) in [6.45, 7) is 0.639. The number of carbonyl (C=O) groups excluding carboxylic acids is 1. The molecule has 3 N–H and O–H groups in total. The van der Waals surface area contributed by atoms with Crippen molar-refractivity contribution in [1.82, 2.24) is 10.6 Å². The van der Waals surface area contributed by atoms with Gasteiger partial charge in [-0.05, 0) is 24.6 Å². The smallest absolute Gasteiger partial charge is 0.475 e. The minimum Gasteiger partial charge on any atom is -0.475 e. The molecule has 148 valence electrons. The Morgan fingerprint density at radius 1 is 1.44 bits per heavy atom. The molecule has 1 aliphatic heterocycles. The summed E-state index contributed by atoms with van der Waals surface area (Å²) in [5, 5.41) is 16.3. The number of rotatable bonds is 4. The Morgan fingerprint density at radius 3 is 2.63 bits per heavy atom. The first-order chi connectivity index (χ1) is 12.6. The van der Waals surface area contributed by atoms with Crippen molar-refractivity contribution in [3.8, 4) is 0 Å². The number of carbonyl (C=O) groups is 2. The van der Waals surface area contributed by atoms with Crippen LogP contribution in [-0.2, 0) is 16.1 Å². The van der Waals surface area contributed by atoms with Gasteiger partial charge in [0.15, 0.2) is 0 Å². The van der Waals surface area contributed by atoms with Crippen LogP contribution in [0.15, 0.2) is 23.3 Å². The van der Waals surface area contributed by atoms with Gasteiger partial charge in [0.25, 0.3) is 0 Å². The van der Waals surface area contributed by atoms with E-state index >= 15 is 0 Å². The lowest BCUT2D eigenvalue weighted by Crippen LogP contribution is -2.45. The number of hydrogen-bond donors (Lipinski definition) is 3. The molecular weight excluding hydrogens is 398 g/mol. The molecule has 13 heteroatoms. The van der Waals surface area contributed by atoms with Gasteiger partial charge >= 0.3 is 12.1 Å². The zero-order chi connectivity index (χ0) is 20.6. The molecule has 2 rings (SSSR count). The van der Waals surface area contributed by atoms with Crippen molar-refractivity contribution in [2.24, 2.45) is 5.11 Å². The molecule has 0 bridgehead atoms. The van der Waals surface area contributed by atoms with Gasteiger partial charge in [-0.1, -0.05) is 28.8 Å². The number of benzene rings is 1. The normalized spacial score (nSPS) is 18.7. The molecule has 1 aliphatic rings. The van der Waals surface area contributed by atoms with Crippen LogP contribution in [0, 0.1) is 5.82 Å². The van der Waals surface area contributed by atoms with E-state index in [1.54, 1.807) is 12.1 Å². The van der Waals surface area contributed by atoms with Gasteiger partial charge in [0, 0.05) is 17.0 Å². The maximum Gasteiger partial charge on any atom is 0.490 e. The monoisotopic (exact) mass is 411 g/mol. The second kappa shape index (κ2) is 9.95. The molecule has 0 radical (unpaired) electrons. The van der Waals surface area contributed by atoms with Crippen LogP contribution in [0.25, 0.3) is 10.4 Å². The number of nitrogens with one attached hydrogen (secondary N) is 2. The molecule has 0 spiro atoms. The molecule has 8 nitrogen and oxygen atoms in total. The van der Waals surface area contributed by atoms with Gasteiger partial charge < -0.3 is 15.7 Å². The van der Waals surface area contributed by atoms with Crippen LogP contribution in [0.4, 0.5) is 17.6 Å². The molecule has 27 heavy (non-hydrogen) atoms. The first-order valence-corrected chi connectivity index (χ1v) is 7.74. The van der Waals surface area contributed by atoms with Crippen LogP contribution in [0.3, 0.4) is 0 Å². The van der Waals surface area contributed by atoms with Gasteiger partial charge in [0.05, 0.1) is 17.1 Å². The maximum absolute atomic E-state index is 13.7. The lowest BCUT2D eigenvalue weighted by Gasteiger charge is -2.15. The quantitative estimate of drug-likeness (QED) is 0.304. The highest BCUT2D eigenvalue weighted by Crippen LogP contribution is 2.18. The predicted octanol–water partition coefficient (Wildman–Crippen LogP) is 2.77. The topological polar surface area (TPSA) is 127 Å². The van der Waals surface area contributed by atoms with Gasteiger partial charge in [-0.2, -0.15) is 13.2 Å². The number of aliphatic carboxylic acids is 1. The number of halogens is 5. The fraction of sp³-hybridized carbons (Fsp3) is 0.429. The van der Waals surface area contributed by atoms with Crippen molar-refractivity contribution in [2.75, 3.05) is 6.54 Å². The van der Waals surface area contributed by atoms with Crippen LogP contribution in [0.2, 0.25) is 5.02 Å². The Bertz CT molecular complexity index is 740. The Kier molecular flexibility index (Phi) is 8.29. The van der Waals surface area contributed by atoms with Crippen molar-refractivity contribution in [3.05, 3.63) is 45.0 Å². The molecule has 2 atom stereocenters. The Morgan fingerprint density at radius 2 is 2.07 bits per heavy atom. The maximum atomic E-state index is 13.7. The van der Waals surface area contributed by atoms with Crippen molar-refractivity contribution < 1.29 is 32.3 Å². The zero-order valence-electron chi connectivity index (χ0n) is 13.5. The minimum atomic E-state index is -5.08. The van der Waals surface area contributed by atoms with E-state index in [9.17, 15) is 22.4 Å². The predicted molar refractivity (Wildman–Crippen MR) is 86.3 cm³/mol. The fourth-order valence-corrected chi connectivity index (χ4v) is 2.32. The van der Waals surface area contributed by atoms with E-state index in [0.717, 1.165) is 0 Å². The summed E-state index contributed by atoms with van der Waals surface area (Å²) in [4.78, 5) is 23.6. The second-order valence-electron chi connectivity index (χ2n) is 5.23. The highest BCUT2D eigenvalue weighted by atomic mass is 35.5. The number of amides is 1. The third kappa shape index (κ3) is 6.93. The third-order valence-corrected chi connectivity index (χ3v) is 3.69. The number of alkyl halides is 3. The molecule has 1 aromatic carbocycles. The third-order valence-electron chi connectivity index (χ3n) is 3.40. The summed E-state index contributed by atoms with van der Waals surface area (Å²) < 4.78 is 45.4. The second-order valence-corrected chi connectivity index (χ2v) is 5.63. The van der Waals surface area contributed by atoms with Gasteiger partial charge in [-0.3, -0.25) is 4.79 Å². The van der Waals surface area contributed by atoms with E-state index in [4.69, 9.17) is 27.0 Å². The van der Waals surface area contributed by atoms with Crippen LogP contribution in [0.5, 0.6) is 0 Å². The number of nitrogens with zero attached hydrogens (tertiary/aromatic N) is 3. The average molecular weight is 412 g/mol. The Hall–Kier alpha value is -2.56. The number of azide groups is 1. The van der Waals surface area contributed by atoms with Gasteiger partial charge in [-0.25, -0.2) is 9.18 Å². The van der Waals surface area contributed by atoms with Gasteiger partial charge in [0.1, 0.15) is 5.82 Å². The summed E-state index contributed by atoms with van der Waals surface area (Å²) >= 11 is 5.67. The van der Waals surface area contributed by atoms with E-state index in [0.29, 0.717) is 18.5 Å². The molecule has 0 aliphatic carbocycles. The zero-order valence-corrected chi connectivity index (χ0v) is 14.3. The van der Waals surface area contributed by atoms with E-state index in [-0.39, 0.29) is 17.5 Å². The SMILES string of the molecule is O=C(O)C(F)(F)F.[N-]=[N+]=NC1CCN[C@@H]1C(=O)NCc1cccc(Cl)c1F. The molecule has 1 unspecified atom stereocenters. The van der Waals surface area contributed by atoms with Crippen molar-refractivity contribution >= 4 is 23.5 Å². The highest BCUT2D eigenvalue weighted by molar-refractivity contribution is 6.30. The van der Waals surface area contributed by atoms with Crippen LogP contribution < -0.4 is 10.6 Å². The van der Waals surface area contributed by atoms with Crippen LogP contribution in [-0.4, -0.2) is 41.8 Å². The van der Waals surface area contributed by atoms with Crippen LogP contribution >= 0.6 is 11.6 Å². The largest absolute Gasteiger partial charge is 0.490 e. The standard InChI is InChI=1S/C12H13ClFN5O.C2HF3O2/c13-8-3-1-2-7(10(8)14)6-17-12(20)11-9(18-19-15)4-5-16-11;3-2(4,5)1(6)7/h1-3,9,11,16H,4-6H2,(H,17,20);(H,6,7)/t9?,11-;/m0./s1. The number of carboxylic acids is 1. The molecular formula is C14H14ClF4N5O3. The summed E-state index contributed by atoms with van der Waals surface area (Å²) in [6, 6.07) is 3.62. The number of hydrogen-bond acceptors (Lipinski definition) is 4.